The maximum Gasteiger partial charge on any atom is 0.315 e. The lowest BCUT2D eigenvalue weighted by molar-refractivity contribution is -0.142. The summed E-state index contributed by atoms with van der Waals surface area (Å²) in [6.07, 6.45) is 3.03. The minimum Gasteiger partial charge on any atom is -0.481 e. The van der Waals surface area contributed by atoms with E-state index in [2.05, 4.69) is 15.5 Å². The minimum atomic E-state index is -1.26. The van der Waals surface area contributed by atoms with Crippen molar-refractivity contribution in [1.29, 1.82) is 0 Å². The van der Waals surface area contributed by atoms with Crippen LogP contribution in [0.5, 0.6) is 0 Å². The van der Waals surface area contributed by atoms with Gasteiger partial charge < -0.3 is 10.4 Å². The quantitative estimate of drug-likeness (QED) is 0.681. The van der Waals surface area contributed by atoms with Gasteiger partial charge in [0.2, 0.25) is 0 Å². The van der Waals surface area contributed by atoms with Crippen molar-refractivity contribution in [2.24, 2.45) is 0 Å². The van der Waals surface area contributed by atoms with Crippen molar-refractivity contribution in [3.8, 4) is 5.69 Å². The van der Waals surface area contributed by atoms with Gasteiger partial charge in [-0.1, -0.05) is 41.9 Å². The smallest absolute Gasteiger partial charge is 0.315 e. The topological polar surface area (TPSA) is 97.1 Å². The summed E-state index contributed by atoms with van der Waals surface area (Å²) < 4.78 is 1.66. The van der Waals surface area contributed by atoms with Gasteiger partial charge in [-0.15, -0.1) is 10.2 Å². The highest BCUT2D eigenvalue weighted by Gasteiger charge is 2.35. The molecule has 2 aromatic carbocycles. The molecule has 0 aliphatic carbocycles. The average Bonchev–Trinajstić information content (AvgIpc) is 3.21. The van der Waals surface area contributed by atoms with Gasteiger partial charge in [0.05, 0.1) is 10.6 Å². The van der Waals surface area contributed by atoms with Crippen LogP contribution in [0.2, 0.25) is 5.02 Å². The predicted octanol–water partition coefficient (Wildman–Crippen LogP) is 2.69. The fourth-order valence-electron chi connectivity index (χ4n) is 2.64. The number of hydrogen-bond donors (Lipinski definition) is 2. The van der Waals surface area contributed by atoms with Crippen molar-refractivity contribution >= 4 is 23.5 Å². The molecule has 1 aromatic heterocycles. The Kier molecular flexibility index (Phi) is 5.23. The first-order chi connectivity index (χ1) is 12.9. The molecule has 1 heterocycles. The number of aromatic nitrogens is 3. The number of aliphatic carboxylic acids is 1. The molecule has 138 valence electrons. The first kappa shape index (κ1) is 18.6. The largest absolute Gasteiger partial charge is 0.481 e. The summed E-state index contributed by atoms with van der Waals surface area (Å²) in [5.74, 6) is -1.47. The standard InChI is InChI=1S/C19H17ClN4O3/c1-19(18(26)27,13-5-3-2-4-6-13)10-21-17(25)15-8-7-14(9-16(15)20)24-11-22-23-12-24/h2-9,11-12H,10H2,1H3,(H,21,25)(H,26,27). The van der Waals surface area contributed by atoms with Crippen molar-refractivity contribution in [3.63, 3.8) is 0 Å². The van der Waals surface area contributed by atoms with Crippen LogP contribution < -0.4 is 5.32 Å². The molecule has 0 saturated heterocycles. The third kappa shape index (κ3) is 3.83. The molecule has 0 aliphatic rings. The zero-order valence-corrected chi connectivity index (χ0v) is 15.2. The molecule has 0 radical (unpaired) electrons. The maximum absolute atomic E-state index is 12.5. The van der Waals surface area contributed by atoms with Gasteiger partial charge in [0, 0.05) is 12.2 Å². The maximum atomic E-state index is 12.5. The first-order valence-corrected chi connectivity index (χ1v) is 8.51. The van der Waals surface area contributed by atoms with Gasteiger partial charge >= 0.3 is 5.97 Å². The van der Waals surface area contributed by atoms with Crippen LogP contribution in [-0.2, 0) is 10.2 Å². The number of nitrogens with zero attached hydrogens (tertiary/aromatic N) is 3. The van der Waals surface area contributed by atoms with Crippen LogP contribution in [-0.4, -0.2) is 38.3 Å². The summed E-state index contributed by atoms with van der Waals surface area (Å²) in [7, 11) is 0. The van der Waals surface area contributed by atoms with Crippen molar-refractivity contribution in [3.05, 3.63) is 77.3 Å². The molecule has 1 atom stereocenters. The normalized spacial score (nSPS) is 13.0. The molecule has 0 bridgehead atoms. The monoisotopic (exact) mass is 384 g/mol. The lowest BCUT2D eigenvalue weighted by atomic mass is 9.82. The second kappa shape index (κ2) is 7.59. The number of halogens is 1. The Morgan fingerprint density at radius 2 is 1.81 bits per heavy atom. The van der Waals surface area contributed by atoms with Gasteiger partial charge in [-0.05, 0) is 30.7 Å². The van der Waals surface area contributed by atoms with E-state index in [-0.39, 0.29) is 17.1 Å². The highest BCUT2D eigenvalue weighted by Crippen LogP contribution is 2.24. The molecule has 1 amide bonds. The van der Waals surface area contributed by atoms with Crippen molar-refractivity contribution in [2.75, 3.05) is 6.54 Å². The molecule has 3 rings (SSSR count). The number of nitrogens with one attached hydrogen (secondary N) is 1. The van der Waals surface area contributed by atoms with Gasteiger partial charge in [-0.25, -0.2) is 0 Å². The average molecular weight is 385 g/mol. The SMILES string of the molecule is CC(CNC(=O)c1ccc(-n2cnnc2)cc1Cl)(C(=O)O)c1ccccc1. The number of carbonyl (C=O) groups excluding carboxylic acids is 1. The Hall–Kier alpha value is -3.19. The van der Waals surface area contributed by atoms with E-state index in [1.54, 1.807) is 54.0 Å². The van der Waals surface area contributed by atoms with Crippen LogP contribution >= 0.6 is 11.6 Å². The fourth-order valence-corrected chi connectivity index (χ4v) is 2.90. The molecule has 8 heteroatoms. The molecule has 0 saturated carbocycles. The van der Waals surface area contributed by atoms with E-state index in [9.17, 15) is 14.7 Å². The zero-order chi connectivity index (χ0) is 19.4. The number of amides is 1. The highest BCUT2D eigenvalue weighted by atomic mass is 35.5. The highest BCUT2D eigenvalue weighted by molar-refractivity contribution is 6.34. The third-order valence-electron chi connectivity index (χ3n) is 4.40. The zero-order valence-electron chi connectivity index (χ0n) is 14.5. The van der Waals surface area contributed by atoms with Gasteiger partial charge in [0.25, 0.3) is 5.91 Å². The summed E-state index contributed by atoms with van der Waals surface area (Å²) in [6, 6.07) is 13.7. The molecule has 3 aromatic rings. The fraction of sp³-hybridized carbons (Fsp3) is 0.158. The molecular weight excluding hydrogens is 368 g/mol. The number of carbonyl (C=O) groups is 2. The van der Waals surface area contributed by atoms with Crippen LogP contribution in [0, 0.1) is 0 Å². The van der Waals surface area contributed by atoms with E-state index in [1.807, 2.05) is 6.07 Å². The van der Waals surface area contributed by atoms with Gasteiger partial charge in [-0.2, -0.15) is 0 Å². The van der Waals surface area contributed by atoms with Gasteiger partial charge in [0.15, 0.2) is 0 Å². The van der Waals surface area contributed by atoms with Crippen LogP contribution in [0.1, 0.15) is 22.8 Å². The number of hydrogen-bond acceptors (Lipinski definition) is 4. The number of rotatable bonds is 6. The molecular formula is C19H17ClN4O3. The van der Waals surface area contributed by atoms with E-state index in [4.69, 9.17) is 11.6 Å². The molecule has 0 fully saturated rings. The van der Waals surface area contributed by atoms with E-state index >= 15 is 0 Å². The summed E-state index contributed by atoms with van der Waals surface area (Å²) >= 11 is 6.24. The Balaban J connectivity index is 1.78. The van der Waals surface area contributed by atoms with E-state index in [0.29, 0.717) is 11.3 Å². The lowest BCUT2D eigenvalue weighted by Crippen LogP contribution is -2.44. The molecule has 2 N–H and O–H groups in total. The third-order valence-corrected chi connectivity index (χ3v) is 4.71. The molecule has 1 unspecified atom stereocenters. The van der Waals surface area contributed by atoms with Crippen molar-refractivity contribution in [1.82, 2.24) is 20.1 Å². The van der Waals surface area contributed by atoms with Crippen LogP contribution in [0.15, 0.2) is 61.2 Å². The number of benzene rings is 2. The minimum absolute atomic E-state index is 0.0747. The van der Waals surface area contributed by atoms with Gasteiger partial charge in [0.1, 0.15) is 18.1 Å². The molecule has 27 heavy (non-hydrogen) atoms. The summed E-state index contributed by atoms with van der Waals surface area (Å²) in [5.41, 5.74) is 0.314. The Labute approximate surface area is 160 Å². The number of carboxylic acids is 1. The second-order valence-corrected chi connectivity index (χ2v) is 6.63. The summed E-state index contributed by atoms with van der Waals surface area (Å²) in [4.78, 5) is 24.4. The van der Waals surface area contributed by atoms with E-state index < -0.39 is 17.3 Å². The summed E-state index contributed by atoms with van der Waals surface area (Å²) in [5, 5.41) is 20.0. The molecule has 0 aliphatic heterocycles. The second-order valence-electron chi connectivity index (χ2n) is 6.22. The predicted molar refractivity (Wildman–Crippen MR) is 100 cm³/mol. The van der Waals surface area contributed by atoms with Crippen LogP contribution in [0.25, 0.3) is 5.69 Å². The van der Waals surface area contributed by atoms with Crippen molar-refractivity contribution in [2.45, 2.75) is 12.3 Å². The molecule has 0 spiro atoms. The Morgan fingerprint density at radius 1 is 1.15 bits per heavy atom. The Bertz CT molecular complexity index is 960. The van der Waals surface area contributed by atoms with E-state index in [0.717, 1.165) is 0 Å². The van der Waals surface area contributed by atoms with E-state index in [1.165, 1.54) is 12.7 Å². The van der Waals surface area contributed by atoms with Crippen molar-refractivity contribution < 1.29 is 14.7 Å². The van der Waals surface area contributed by atoms with Gasteiger partial charge in [-0.3, -0.25) is 14.2 Å². The molecule has 7 nitrogen and oxygen atoms in total. The van der Waals surface area contributed by atoms with Crippen LogP contribution in [0.4, 0.5) is 0 Å². The lowest BCUT2D eigenvalue weighted by Gasteiger charge is -2.25. The first-order valence-electron chi connectivity index (χ1n) is 8.13. The number of carboxylic acid groups (broad SMARTS) is 1. The Morgan fingerprint density at radius 3 is 2.41 bits per heavy atom. The summed E-state index contributed by atoms with van der Waals surface area (Å²) in [6.45, 7) is 1.50. The van der Waals surface area contributed by atoms with Crippen LogP contribution in [0.3, 0.4) is 0 Å².